The molecule has 0 saturated carbocycles. The van der Waals surface area contributed by atoms with E-state index in [1.54, 1.807) is 6.08 Å². The molecule has 0 saturated heterocycles. The van der Waals surface area contributed by atoms with E-state index in [9.17, 15) is 19.8 Å². The quantitative estimate of drug-likeness (QED) is 0.0320. The Hall–Kier alpha value is -1.66. The molecular formula is C67H129NO5. The number of unbranched alkanes of at least 4 members (excludes halogenated alkanes) is 49. The zero-order chi connectivity index (χ0) is 52.9. The smallest absolute Gasteiger partial charge is 0.305 e. The number of carbonyl (C=O) groups is 2. The molecular weight excluding hydrogens is 899 g/mol. The number of allylic oxidation sites excluding steroid dienone is 3. The maximum Gasteiger partial charge on any atom is 0.305 e. The molecule has 2 atom stereocenters. The predicted molar refractivity (Wildman–Crippen MR) is 320 cm³/mol. The molecule has 0 fully saturated rings. The molecule has 0 aliphatic rings. The third-order valence-corrected chi connectivity index (χ3v) is 15.5. The molecule has 0 radical (unpaired) electrons. The summed E-state index contributed by atoms with van der Waals surface area (Å²) in [5, 5.41) is 23.1. The first-order chi connectivity index (χ1) is 36.0. The van der Waals surface area contributed by atoms with Gasteiger partial charge in [-0.15, -0.1) is 0 Å². The second kappa shape index (κ2) is 62.9. The Labute approximate surface area is 456 Å². The van der Waals surface area contributed by atoms with Crippen LogP contribution in [0.15, 0.2) is 24.3 Å². The lowest BCUT2D eigenvalue weighted by atomic mass is 10.0. The van der Waals surface area contributed by atoms with Crippen molar-refractivity contribution in [3.63, 3.8) is 0 Å². The molecule has 0 rings (SSSR count). The van der Waals surface area contributed by atoms with Crippen LogP contribution in [0, 0.1) is 0 Å². The fraction of sp³-hybridized carbons (Fsp3) is 0.910. The molecule has 0 aliphatic heterocycles. The summed E-state index contributed by atoms with van der Waals surface area (Å²) >= 11 is 0. The van der Waals surface area contributed by atoms with Gasteiger partial charge in [0, 0.05) is 12.8 Å². The third kappa shape index (κ3) is 59.4. The summed E-state index contributed by atoms with van der Waals surface area (Å²) in [6, 6.07) is -0.627. The third-order valence-electron chi connectivity index (χ3n) is 15.5. The van der Waals surface area contributed by atoms with Gasteiger partial charge in [-0.25, -0.2) is 0 Å². The number of aliphatic hydroxyl groups is 2. The van der Waals surface area contributed by atoms with Crippen LogP contribution in [-0.4, -0.2) is 47.4 Å². The minimum absolute atomic E-state index is 0.0188. The van der Waals surface area contributed by atoms with Gasteiger partial charge in [-0.05, 0) is 57.8 Å². The number of hydrogen-bond donors (Lipinski definition) is 3. The Morgan fingerprint density at radius 1 is 0.370 bits per heavy atom. The van der Waals surface area contributed by atoms with Gasteiger partial charge in [-0.3, -0.25) is 9.59 Å². The molecule has 3 N–H and O–H groups in total. The van der Waals surface area contributed by atoms with E-state index >= 15 is 0 Å². The molecule has 0 bridgehead atoms. The summed E-state index contributed by atoms with van der Waals surface area (Å²) in [6.45, 7) is 4.93. The van der Waals surface area contributed by atoms with E-state index in [-0.39, 0.29) is 18.5 Å². The van der Waals surface area contributed by atoms with Crippen molar-refractivity contribution < 1.29 is 24.5 Å². The average molecular weight is 1030 g/mol. The van der Waals surface area contributed by atoms with Crippen LogP contribution in [0.4, 0.5) is 0 Å². The minimum atomic E-state index is -0.843. The molecule has 1 amide bonds. The molecule has 0 aromatic rings. The number of aliphatic hydroxyl groups excluding tert-OH is 2. The predicted octanol–water partition coefficient (Wildman–Crippen LogP) is 21.0. The first-order valence-corrected chi connectivity index (χ1v) is 33.1. The van der Waals surface area contributed by atoms with Crippen molar-refractivity contribution in [2.75, 3.05) is 13.2 Å². The van der Waals surface area contributed by atoms with Crippen LogP contribution in [0.3, 0.4) is 0 Å². The molecule has 6 heteroatoms. The number of nitrogens with one attached hydrogen (secondary N) is 1. The largest absolute Gasteiger partial charge is 0.466 e. The maximum atomic E-state index is 12.5. The van der Waals surface area contributed by atoms with Gasteiger partial charge in [0.15, 0.2) is 0 Å². The van der Waals surface area contributed by atoms with Crippen LogP contribution in [0.1, 0.15) is 367 Å². The van der Waals surface area contributed by atoms with Crippen LogP contribution in [0.5, 0.6) is 0 Å². The first kappa shape index (κ1) is 71.3. The summed E-state index contributed by atoms with van der Waals surface area (Å²) in [7, 11) is 0. The topological polar surface area (TPSA) is 95.9 Å². The van der Waals surface area contributed by atoms with E-state index < -0.39 is 12.1 Å². The maximum absolute atomic E-state index is 12.5. The summed E-state index contributed by atoms with van der Waals surface area (Å²) in [4.78, 5) is 24.5. The van der Waals surface area contributed by atoms with Crippen LogP contribution in [0.2, 0.25) is 0 Å². The van der Waals surface area contributed by atoms with Crippen molar-refractivity contribution in [3.8, 4) is 0 Å². The summed E-state index contributed by atoms with van der Waals surface area (Å²) in [6.07, 6.45) is 78.1. The molecule has 73 heavy (non-hydrogen) atoms. The van der Waals surface area contributed by atoms with E-state index in [0.29, 0.717) is 19.4 Å². The van der Waals surface area contributed by atoms with E-state index in [1.807, 2.05) is 6.08 Å². The Bertz CT molecular complexity index is 1140. The molecule has 0 spiro atoms. The molecule has 0 heterocycles. The summed E-state index contributed by atoms with van der Waals surface area (Å²) in [5.74, 6) is -0.0479. The van der Waals surface area contributed by atoms with Gasteiger partial charge < -0.3 is 20.3 Å². The van der Waals surface area contributed by atoms with Crippen molar-refractivity contribution >= 4 is 11.9 Å². The van der Waals surface area contributed by atoms with Crippen LogP contribution < -0.4 is 5.32 Å². The Morgan fingerprint density at radius 3 is 0.973 bits per heavy atom. The van der Waals surface area contributed by atoms with Crippen molar-refractivity contribution in [3.05, 3.63) is 24.3 Å². The number of esters is 1. The van der Waals surface area contributed by atoms with E-state index in [4.69, 9.17) is 4.74 Å². The zero-order valence-corrected chi connectivity index (χ0v) is 49.4. The van der Waals surface area contributed by atoms with E-state index in [0.717, 1.165) is 38.5 Å². The van der Waals surface area contributed by atoms with Gasteiger partial charge in [0.25, 0.3) is 0 Å². The van der Waals surface area contributed by atoms with Gasteiger partial charge in [0.2, 0.25) is 5.91 Å². The molecule has 0 aromatic carbocycles. The van der Waals surface area contributed by atoms with Crippen molar-refractivity contribution in [2.45, 2.75) is 379 Å². The number of rotatable bonds is 62. The molecule has 0 aromatic heterocycles. The highest BCUT2D eigenvalue weighted by Crippen LogP contribution is 2.18. The van der Waals surface area contributed by atoms with Crippen LogP contribution in [0.25, 0.3) is 0 Å². The Balaban J connectivity index is 3.37. The monoisotopic (exact) mass is 1030 g/mol. The first-order valence-electron chi connectivity index (χ1n) is 33.1. The lowest BCUT2D eigenvalue weighted by molar-refractivity contribution is -0.143. The van der Waals surface area contributed by atoms with Crippen molar-refractivity contribution in [2.24, 2.45) is 0 Å². The molecule has 0 aliphatic carbocycles. The van der Waals surface area contributed by atoms with Crippen LogP contribution >= 0.6 is 0 Å². The number of hydrogen-bond acceptors (Lipinski definition) is 5. The second-order valence-electron chi connectivity index (χ2n) is 22.8. The van der Waals surface area contributed by atoms with Gasteiger partial charge in [-0.2, -0.15) is 0 Å². The Morgan fingerprint density at radius 2 is 0.644 bits per heavy atom. The van der Waals surface area contributed by atoms with Gasteiger partial charge in [-0.1, -0.05) is 321 Å². The standard InChI is InChI=1S/C67H129NO5/c1-3-5-7-9-11-13-15-17-32-37-41-45-49-53-57-61-67(72)73-62-58-54-50-46-42-38-34-31-29-27-25-23-21-19-18-20-22-24-26-28-30-33-36-40-44-48-52-56-60-66(71)68-64(63-69)65(70)59-55-51-47-43-39-35-16-14-12-10-8-6-4-2/h18-19,55,59,64-65,69-70H,3-17,20-54,56-58,60-63H2,1-2H3,(H,68,71)/b19-18-,59-55+. The van der Waals surface area contributed by atoms with Crippen molar-refractivity contribution in [1.29, 1.82) is 0 Å². The zero-order valence-electron chi connectivity index (χ0n) is 49.4. The SMILES string of the molecule is CCCCCCCCCCCCC/C=C/C(O)C(CO)NC(=O)CCCCCCCCCCCCCC/C=C\CCCCCCCCCCCCCCOC(=O)CCCCCCCCCCCCCCCCC. The second-order valence-corrected chi connectivity index (χ2v) is 22.8. The normalized spacial score (nSPS) is 12.7. The number of amides is 1. The lowest BCUT2D eigenvalue weighted by Crippen LogP contribution is -2.45. The minimum Gasteiger partial charge on any atom is -0.466 e. The fourth-order valence-electron chi connectivity index (χ4n) is 10.4. The highest BCUT2D eigenvalue weighted by molar-refractivity contribution is 5.76. The highest BCUT2D eigenvalue weighted by Gasteiger charge is 2.18. The van der Waals surface area contributed by atoms with Gasteiger partial charge >= 0.3 is 5.97 Å². The summed E-state index contributed by atoms with van der Waals surface area (Å²) in [5.41, 5.74) is 0. The van der Waals surface area contributed by atoms with Crippen molar-refractivity contribution in [1.82, 2.24) is 5.32 Å². The molecule has 432 valence electrons. The van der Waals surface area contributed by atoms with Gasteiger partial charge in [0.1, 0.15) is 0 Å². The number of carbonyl (C=O) groups excluding carboxylic acids is 2. The fourth-order valence-corrected chi connectivity index (χ4v) is 10.4. The molecule has 6 nitrogen and oxygen atoms in total. The number of ether oxygens (including phenoxy) is 1. The molecule has 2 unspecified atom stereocenters. The average Bonchev–Trinajstić information content (AvgIpc) is 3.39. The highest BCUT2D eigenvalue weighted by atomic mass is 16.5. The van der Waals surface area contributed by atoms with Crippen LogP contribution in [-0.2, 0) is 14.3 Å². The lowest BCUT2D eigenvalue weighted by Gasteiger charge is -2.20. The Kier molecular flexibility index (Phi) is 61.4. The van der Waals surface area contributed by atoms with E-state index in [2.05, 4.69) is 31.3 Å². The van der Waals surface area contributed by atoms with Gasteiger partial charge in [0.05, 0.1) is 25.4 Å². The summed E-state index contributed by atoms with van der Waals surface area (Å²) < 4.78 is 5.49. The van der Waals surface area contributed by atoms with E-state index in [1.165, 1.54) is 302 Å².